The number of aryl methyl sites for hydroxylation is 1. The number of nitrogens with zero attached hydrogens (tertiary/aromatic N) is 2. The minimum Gasteiger partial charge on any atom is -0.325 e. The van der Waals surface area contributed by atoms with E-state index in [1.54, 1.807) is 12.1 Å². The van der Waals surface area contributed by atoms with E-state index in [4.69, 9.17) is 5.73 Å². The van der Waals surface area contributed by atoms with Gasteiger partial charge in [0.15, 0.2) is 0 Å². The molecule has 3 aromatic rings. The molecule has 0 radical (unpaired) electrons. The lowest BCUT2D eigenvalue weighted by atomic mass is 10.1. The van der Waals surface area contributed by atoms with Crippen LogP contribution in [-0.4, -0.2) is 9.38 Å². The van der Waals surface area contributed by atoms with Crippen LogP contribution in [0, 0.1) is 12.7 Å². The van der Waals surface area contributed by atoms with Crippen LogP contribution in [-0.2, 0) is 13.0 Å². The average molecular weight is 269 g/mol. The maximum Gasteiger partial charge on any atom is 0.137 e. The van der Waals surface area contributed by atoms with Crippen molar-refractivity contribution >= 4 is 5.65 Å². The molecule has 0 aliphatic heterocycles. The van der Waals surface area contributed by atoms with Crippen LogP contribution < -0.4 is 5.73 Å². The van der Waals surface area contributed by atoms with E-state index in [9.17, 15) is 4.39 Å². The molecule has 2 aromatic heterocycles. The number of halogens is 1. The first-order valence-electron chi connectivity index (χ1n) is 6.59. The van der Waals surface area contributed by atoms with Gasteiger partial charge in [-0.3, -0.25) is 4.40 Å². The Balaban J connectivity index is 2.07. The highest BCUT2D eigenvalue weighted by atomic mass is 19.1. The number of aromatic nitrogens is 2. The van der Waals surface area contributed by atoms with Crippen molar-refractivity contribution in [3.63, 3.8) is 0 Å². The fourth-order valence-corrected chi connectivity index (χ4v) is 2.52. The van der Waals surface area contributed by atoms with Crippen LogP contribution in [0.15, 0.2) is 42.5 Å². The van der Waals surface area contributed by atoms with Gasteiger partial charge < -0.3 is 5.73 Å². The number of fused-ring (bicyclic) bond motifs is 1. The fraction of sp³-hybridized carbons (Fsp3) is 0.188. The van der Waals surface area contributed by atoms with Gasteiger partial charge in [0.05, 0.1) is 11.4 Å². The number of hydrogen-bond donors (Lipinski definition) is 1. The molecule has 3 rings (SSSR count). The number of imidazole rings is 1. The van der Waals surface area contributed by atoms with Gasteiger partial charge in [-0.2, -0.15) is 0 Å². The maximum absolute atomic E-state index is 13.0. The smallest absolute Gasteiger partial charge is 0.137 e. The Labute approximate surface area is 116 Å². The van der Waals surface area contributed by atoms with Crippen molar-refractivity contribution in [2.24, 2.45) is 5.73 Å². The summed E-state index contributed by atoms with van der Waals surface area (Å²) < 4.78 is 15.0. The summed E-state index contributed by atoms with van der Waals surface area (Å²) >= 11 is 0. The molecule has 0 unspecified atom stereocenters. The van der Waals surface area contributed by atoms with Gasteiger partial charge in [-0.25, -0.2) is 9.37 Å². The van der Waals surface area contributed by atoms with Crippen molar-refractivity contribution < 1.29 is 4.39 Å². The fourth-order valence-electron chi connectivity index (χ4n) is 2.52. The van der Waals surface area contributed by atoms with Crippen LogP contribution in [0.25, 0.3) is 5.65 Å². The Morgan fingerprint density at radius 2 is 1.90 bits per heavy atom. The molecule has 0 aliphatic carbocycles. The highest BCUT2D eigenvalue weighted by molar-refractivity contribution is 5.46. The quantitative estimate of drug-likeness (QED) is 0.794. The van der Waals surface area contributed by atoms with Gasteiger partial charge in [-0.15, -0.1) is 0 Å². The molecule has 1 aromatic carbocycles. The Morgan fingerprint density at radius 1 is 1.15 bits per heavy atom. The number of rotatable bonds is 3. The Kier molecular flexibility index (Phi) is 3.24. The van der Waals surface area contributed by atoms with E-state index in [2.05, 4.69) is 9.38 Å². The van der Waals surface area contributed by atoms with Gasteiger partial charge in [0.25, 0.3) is 0 Å². The van der Waals surface area contributed by atoms with E-state index in [1.807, 2.05) is 25.1 Å². The summed E-state index contributed by atoms with van der Waals surface area (Å²) in [5.74, 6) is -0.223. The summed E-state index contributed by atoms with van der Waals surface area (Å²) in [6.45, 7) is 2.47. The van der Waals surface area contributed by atoms with E-state index in [0.717, 1.165) is 28.3 Å². The van der Waals surface area contributed by atoms with Gasteiger partial charge in [0.1, 0.15) is 11.5 Å². The van der Waals surface area contributed by atoms with E-state index in [1.165, 1.54) is 12.1 Å². The summed E-state index contributed by atoms with van der Waals surface area (Å²) in [5, 5.41) is 0. The predicted octanol–water partition coefficient (Wildman–Crippen LogP) is 2.83. The van der Waals surface area contributed by atoms with Crippen LogP contribution >= 0.6 is 0 Å². The van der Waals surface area contributed by atoms with E-state index in [0.29, 0.717) is 13.0 Å². The van der Waals surface area contributed by atoms with E-state index in [-0.39, 0.29) is 5.82 Å². The van der Waals surface area contributed by atoms with Crippen molar-refractivity contribution in [2.75, 3.05) is 0 Å². The van der Waals surface area contributed by atoms with Crippen LogP contribution in [0.4, 0.5) is 4.39 Å². The SMILES string of the molecule is Cc1cccc2nc(Cc3ccc(F)cc3)c(CN)n12. The molecule has 0 saturated heterocycles. The topological polar surface area (TPSA) is 43.3 Å². The van der Waals surface area contributed by atoms with Gasteiger partial charge in [-0.05, 0) is 36.8 Å². The van der Waals surface area contributed by atoms with Crippen molar-refractivity contribution in [2.45, 2.75) is 19.9 Å². The molecule has 2 N–H and O–H groups in total. The Bertz CT molecular complexity index is 744. The lowest BCUT2D eigenvalue weighted by Crippen LogP contribution is -2.06. The van der Waals surface area contributed by atoms with E-state index >= 15 is 0 Å². The zero-order chi connectivity index (χ0) is 14.1. The zero-order valence-corrected chi connectivity index (χ0v) is 11.3. The molecular formula is C16H16FN3. The third-order valence-corrected chi connectivity index (χ3v) is 3.50. The molecule has 0 fully saturated rings. The highest BCUT2D eigenvalue weighted by Gasteiger charge is 2.12. The maximum atomic E-state index is 13.0. The van der Waals surface area contributed by atoms with Gasteiger partial charge in [-0.1, -0.05) is 18.2 Å². The first kappa shape index (κ1) is 12.8. The molecular weight excluding hydrogens is 253 g/mol. The second-order valence-corrected chi connectivity index (χ2v) is 4.87. The Morgan fingerprint density at radius 3 is 2.60 bits per heavy atom. The first-order chi connectivity index (χ1) is 9.69. The van der Waals surface area contributed by atoms with Crippen molar-refractivity contribution in [3.05, 3.63) is 70.9 Å². The minimum absolute atomic E-state index is 0.223. The number of benzene rings is 1. The molecule has 0 saturated carbocycles. The predicted molar refractivity (Wildman–Crippen MR) is 77.0 cm³/mol. The average Bonchev–Trinajstić information content (AvgIpc) is 2.80. The zero-order valence-electron chi connectivity index (χ0n) is 11.3. The molecule has 0 bridgehead atoms. The summed E-state index contributed by atoms with van der Waals surface area (Å²) in [4.78, 5) is 4.65. The molecule has 20 heavy (non-hydrogen) atoms. The van der Waals surface area contributed by atoms with Gasteiger partial charge in [0, 0.05) is 18.7 Å². The standard InChI is InChI=1S/C16H16FN3/c1-11-3-2-4-16-19-14(15(10-18)20(11)16)9-12-5-7-13(17)8-6-12/h2-8H,9-10,18H2,1H3. The van der Waals surface area contributed by atoms with Crippen LogP contribution in [0.1, 0.15) is 22.6 Å². The second kappa shape index (κ2) is 5.06. The van der Waals surface area contributed by atoms with Crippen LogP contribution in [0.2, 0.25) is 0 Å². The normalized spacial score (nSPS) is 11.2. The Hall–Kier alpha value is -2.20. The monoisotopic (exact) mass is 269 g/mol. The molecule has 3 nitrogen and oxygen atoms in total. The van der Waals surface area contributed by atoms with Crippen molar-refractivity contribution in [1.29, 1.82) is 0 Å². The number of hydrogen-bond acceptors (Lipinski definition) is 2. The second-order valence-electron chi connectivity index (χ2n) is 4.87. The molecule has 0 spiro atoms. The summed E-state index contributed by atoms with van der Waals surface area (Å²) in [7, 11) is 0. The molecule has 0 amide bonds. The molecule has 0 aliphatic rings. The first-order valence-corrected chi connectivity index (χ1v) is 6.59. The largest absolute Gasteiger partial charge is 0.325 e. The number of pyridine rings is 1. The van der Waals surface area contributed by atoms with Crippen molar-refractivity contribution in [1.82, 2.24) is 9.38 Å². The number of nitrogens with two attached hydrogens (primary N) is 1. The summed E-state index contributed by atoms with van der Waals surface area (Å²) in [6.07, 6.45) is 0.661. The van der Waals surface area contributed by atoms with Crippen LogP contribution in [0.3, 0.4) is 0 Å². The third-order valence-electron chi connectivity index (χ3n) is 3.50. The third kappa shape index (κ3) is 2.18. The van der Waals surface area contributed by atoms with Crippen molar-refractivity contribution in [3.8, 4) is 0 Å². The minimum atomic E-state index is -0.223. The van der Waals surface area contributed by atoms with Crippen LogP contribution in [0.5, 0.6) is 0 Å². The highest BCUT2D eigenvalue weighted by Crippen LogP contribution is 2.18. The molecule has 2 heterocycles. The molecule has 102 valence electrons. The summed E-state index contributed by atoms with van der Waals surface area (Å²) in [5.41, 5.74) is 10.9. The summed E-state index contributed by atoms with van der Waals surface area (Å²) in [6, 6.07) is 12.5. The lowest BCUT2D eigenvalue weighted by Gasteiger charge is -2.05. The van der Waals surface area contributed by atoms with Gasteiger partial charge in [0.2, 0.25) is 0 Å². The van der Waals surface area contributed by atoms with E-state index < -0.39 is 0 Å². The lowest BCUT2D eigenvalue weighted by molar-refractivity contribution is 0.627. The molecule has 0 atom stereocenters. The van der Waals surface area contributed by atoms with Gasteiger partial charge >= 0.3 is 0 Å². The molecule has 4 heteroatoms.